The Labute approximate surface area is 183 Å². The summed E-state index contributed by atoms with van der Waals surface area (Å²) in [6.07, 6.45) is 7.37. The number of nitrogens with one attached hydrogen (secondary N) is 2. The fourth-order valence-corrected chi connectivity index (χ4v) is 2.71. The number of hydrogen-bond donors (Lipinski definition) is 2. The third kappa shape index (κ3) is 5.01. The monoisotopic (exact) mass is 431 g/mol. The van der Waals surface area contributed by atoms with Crippen molar-refractivity contribution in [3.8, 4) is 5.82 Å². The largest absolute Gasteiger partial charge is 0.444 e. The van der Waals surface area contributed by atoms with Gasteiger partial charge in [0.1, 0.15) is 17.7 Å². The standard InChI is InChI=1S/C21H21N9O2/c1-21(2,3)32-20(31)28-16-8-7-14(10-23-16)11-26-29-18-15-12-27-30(19(15)25-13-24-18)17-6-4-5-9-22-17/h4-13H,1-3H3,(H,23,28,31)(H,24,25,29)/b26-11-. The van der Waals surface area contributed by atoms with Gasteiger partial charge in [0, 0.05) is 18.0 Å². The molecule has 4 heterocycles. The first-order valence-electron chi connectivity index (χ1n) is 9.74. The highest BCUT2D eigenvalue weighted by molar-refractivity contribution is 5.88. The van der Waals surface area contributed by atoms with Crippen molar-refractivity contribution in [1.82, 2.24) is 29.7 Å². The van der Waals surface area contributed by atoms with Gasteiger partial charge in [0.05, 0.1) is 17.8 Å². The van der Waals surface area contributed by atoms with Crippen LogP contribution in [0.25, 0.3) is 16.9 Å². The fourth-order valence-electron chi connectivity index (χ4n) is 2.71. The molecule has 0 aliphatic rings. The highest BCUT2D eigenvalue weighted by atomic mass is 16.6. The Morgan fingerprint density at radius 2 is 1.97 bits per heavy atom. The van der Waals surface area contributed by atoms with Crippen LogP contribution >= 0.6 is 0 Å². The van der Waals surface area contributed by atoms with Crippen LogP contribution in [0.3, 0.4) is 0 Å². The molecule has 11 heteroatoms. The first-order chi connectivity index (χ1) is 15.4. The minimum Gasteiger partial charge on any atom is -0.444 e. The van der Waals surface area contributed by atoms with E-state index in [4.69, 9.17) is 4.74 Å². The van der Waals surface area contributed by atoms with Crippen LogP contribution in [0.5, 0.6) is 0 Å². The van der Waals surface area contributed by atoms with Gasteiger partial charge in [-0.05, 0) is 45.0 Å². The molecule has 0 radical (unpaired) electrons. The molecule has 0 bridgehead atoms. The summed E-state index contributed by atoms with van der Waals surface area (Å²) in [7, 11) is 0. The van der Waals surface area contributed by atoms with Gasteiger partial charge in [0.25, 0.3) is 0 Å². The summed E-state index contributed by atoms with van der Waals surface area (Å²) in [6.45, 7) is 5.38. The van der Waals surface area contributed by atoms with E-state index in [1.54, 1.807) is 62.4 Å². The summed E-state index contributed by atoms with van der Waals surface area (Å²) in [4.78, 5) is 28.8. The summed E-state index contributed by atoms with van der Waals surface area (Å²) in [5.41, 5.74) is 3.65. The summed E-state index contributed by atoms with van der Waals surface area (Å²) < 4.78 is 6.83. The quantitative estimate of drug-likeness (QED) is 0.363. The molecule has 0 fully saturated rings. The highest BCUT2D eigenvalue weighted by Crippen LogP contribution is 2.20. The van der Waals surface area contributed by atoms with Gasteiger partial charge in [0.15, 0.2) is 17.3 Å². The smallest absolute Gasteiger partial charge is 0.413 e. The average Bonchev–Trinajstić information content (AvgIpc) is 3.19. The van der Waals surface area contributed by atoms with Crippen LogP contribution in [0.2, 0.25) is 0 Å². The van der Waals surface area contributed by atoms with Crippen LogP contribution in [0.4, 0.5) is 16.4 Å². The molecule has 2 N–H and O–H groups in total. The molecule has 0 unspecified atom stereocenters. The number of nitrogens with zero attached hydrogens (tertiary/aromatic N) is 7. The first kappa shape index (κ1) is 20.8. The predicted octanol–water partition coefficient (Wildman–Crippen LogP) is 3.40. The third-order valence-corrected chi connectivity index (χ3v) is 4.03. The molecule has 0 aliphatic heterocycles. The Kier molecular flexibility index (Phi) is 5.71. The first-order valence-corrected chi connectivity index (χ1v) is 9.74. The molecule has 0 aromatic carbocycles. The molecule has 4 aromatic heterocycles. The zero-order chi connectivity index (χ0) is 22.6. The van der Waals surface area contributed by atoms with Gasteiger partial charge in [-0.2, -0.15) is 14.9 Å². The van der Waals surface area contributed by atoms with E-state index in [1.165, 1.54) is 6.33 Å². The lowest BCUT2D eigenvalue weighted by molar-refractivity contribution is 0.0635. The summed E-state index contributed by atoms with van der Waals surface area (Å²) in [5, 5.41) is 11.8. The van der Waals surface area contributed by atoms with E-state index in [2.05, 4.69) is 40.9 Å². The number of fused-ring (bicyclic) bond motifs is 1. The molecule has 0 aliphatic carbocycles. The molecule has 1 amide bonds. The topological polar surface area (TPSA) is 132 Å². The molecule has 0 atom stereocenters. The van der Waals surface area contributed by atoms with E-state index < -0.39 is 11.7 Å². The van der Waals surface area contributed by atoms with Crippen molar-refractivity contribution in [3.05, 3.63) is 60.8 Å². The molecule has 11 nitrogen and oxygen atoms in total. The van der Waals surface area contributed by atoms with Gasteiger partial charge < -0.3 is 4.74 Å². The Morgan fingerprint density at radius 1 is 1.09 bits per heavy atom. The van der Waals surface area contributed by atoms with E-state index in [0.717, 1.165) is 5.56 Å². The maximum Gasteiger partial charge on any atom is 0.413 e. The second-order valence-electron chi connectivity index (χ2n) is 7.68. The van der Waals surface area contributed by atoms with Gasteiger partial charge >= 0.3 is 6.09 Å². The Hall–Kier alpha value is -4.41. The molecule has 4 rings (SSSR count). The fraction of sp³-hybridized carbons (Fsp3) is 0.190. The second-order valence-corrected chi connectivity index (χ2v) is 7.68. The Morgan fingerprint density at radius 3 is 2.69 bits per heavy atom. The molecule has 4 aromatic rings. The molecule has 0 saturated heterocycles. The lowest BCUT2D eigenvalue weighted by Gasteiger charge is -2.19. The van der Waals surface area contributed by atoms with Crippen LogP contribution in [-0.2, 0) is 4.74 Å². The van der Waals surface area contributed by atoms with E-state index >= 15 is 0 Å². The minimum atomic E-state index is -0.580. The summed E-state index contributed by atoms with van der Waals surface area (Å²) >= 11 is 0. The third-order valence-electron chi connectivity index (χ3n) is 4.03. The Balaban J connectivity index is 1.43. The van der Waals surface area contributed by atoms with Crippen molar-refractivity contribution < 1.29 is 9.53 Å². The molecule has 162 valence electrons. The number of pyridine rings is 2. The molecular formula is C21H21N9O2. The molecule has 0 spiro atoms. The summed E-state index contributed by atoms with van der Waals surface area (Å²) in [6, 6.07) is 8.97. The maximum absolute atomic E-state index is 11.8. The number of carbonyl (C=O) groups is 1. The summed E-state index contributed by atoms with van der Waals surface area (Å²) in [5.74, 6) is 1.54. The van der Waals surface area contributed by atoms with Gasteiger partial charge in [-0.15, -0.1) is 0 Å². The number of rotatable bonds is 5. The second kappa shape index (κ2) is 8.76. The van der Waals surface area contributed by atoms with Crippen LogP contribution in [0.15, 0.2) is 60.4 Å². The maximum atomic E-state index is 11.8. The zero-order valence-corrected chi connectivity index (χ0v) is 17.7. The van der Waals surface area contributed by atoms with Gasteiger partial charge in [-0.25, -0.2) is 24.7 Å². The lowest BCUT2D eigenvalue weighted by Crippen LogP contribution is -2.27. The van der Waals surface area contributed by atoms with Crippen molar-refractivity contribution in [3.63, 3.8) is 0 Å². The number of ether oxygens (including phenoxy) is 1. The average molecular weight is 431 g/mol. The van der Waals surface area contributed by atoms with Crippen molar-refractivity contribution in [2.24, 2.45) is 5.10 Å². The number of amides is 1. The van der Waals surface area contributed by atoms with Crippen LogP contribution in [0, 0.1) is 0 Å². The minimum absolute atomic E-state index is 0.379. The molecule has 32 heavy (non-hydrogen) atoms. The van der Waals surface area contributed by atoms with E-state index in [9.17, 15) is 4.79 Å². The molecular weight excluding hydrogens is 410 g/mol. The van der Waals surface area contributed by atoms with E-state index in [-0.39, 0.29) is 0 Å². The predicted molar refractivity (Wildman–Crippen MR) is 120 cm³/mol. The SMILES string of the molecule is CC(C)(C)OC(=O)Nc1ccc(/C=N\Nc2ncnc3c2cnn3-c2ccccn2)cn1. The zero-order valence-electron chi connectivity index (χ0n) is 17.7. The normalized spacial score (nSPS) is 11.6. The molecule has 0 saturated carbocycles. The number of aromatic nitrogens is 6. The number of hydrazone groups is 1. The Bertz CT molecular complexity index is 1250. The highest BCUT2D eigenvalue weighted by Gasteiger charge is 2.16. The number of hydrogen-bond acceptors (Lipinski definition) is 9. The van der Waals surface area contributed by atoms with Crippen LogP contribution in [0.1, 0.15) is 26.3 Å². The van der Waals surface area contributed by atoms with Crippen molar-refractivity contribution in [2.45, 2.75) is 26.4 Å². The van der Waals surface area contributed by atoms with Gasteiger partial charge in [-0.1, -0.05) is 6.07 Å². The van der Waals surface area contributed by atoms with E-state index in [1.807, 2.05) is 18.2 Å². The van der Waals surface area contributed by atoms with Gasteiger partial charge in [0.2, 0.25) is 0 Å². The van der Waals surface area contributed by atoms with Gasteiger partial charge in [-0.3, -0.25) is 10.7 Å². The number of anilines is 2. The lowest BCUT2D eigenvalue weighted by atomic mass is 10.2. The van der Waals surface area contributed by atoms with Crippen molar-refractivity contribution in [2.75, 3.05) is 10.7 Å². The van der Waals surface area contributed by atoms with Crippen molar-refractivity contribution in [1.29, 1.82) is 0 Å². The van der Waals surface area contributed by atoms with Crippen LogP contribution < -0.4 is 10.7 Å². The number of carbonyl (C=O) groups excluding carboxylic acids is 1. The van der Waals surface area contributed by atoms with E-state index in [0.29, 0.717) is 28.5 Å². The van der Waals surface area contributed by atoms with Crippen LogP contribution in [-0.4, -0.2) is 47.6 Å². The van der Waals surface area contributed by atoms with Crippen molar-refractivity contribution >= 4 is 35.0 Å².